The van der Waals surface area contributed by atoms with Crippen LogP contribution in [-0.4, -0.2) is 27.6 Å². The van der Waals surface area contributed by atoms with E-state index in [-0.39, 0.29) is 25.6 Å². The van der Waals surface area contributed by atoms with Gasteiger partial charge >= 0.3 is 5.97 Å². The molecular formula is C13H16N4O3. The van der Waals surface area contributed by atoms with Gasteiger partial charge in [-0.3, -0.25) is 9.48 Å². The number of para-hydroxylation sites is 2. The molecule has 7 nitrogen and oxygen atoms in total. The number of esters is 1. The Morgan fingerprint density at radius 2 is 2.20 bits per heavy atom. The molecule has 2 N–H and O–H groups in total. The largest absolute Gasteiger partial charge is 0.491 e. The summed E-state index contributed by atoms with van der Waals surface area (Å²) in [4.78, 5) is 11.5. The summed E-state index contributed by atoms with van der Waals surface area (Å²) in [5, 5.41) is 7.56. The van der Waals surface area contributed by atoms with Crippen molar-refractivity contribution < 1.29 is 14.3 Å². The molecular weight excluding hydrogens is 260 g/mol. The number of carbonyl (C=O) groups is 1. The Balaban J connectivity index is 1.69. The highest BCUT2D eigenvalue weighted by Crippen LogP contribution is 2.19. The number of nitrogens with two attached hydrogens (primary N) is 1. The van der Waals surface area contributed by atoms with Gasteiger partial charge in [0.1, 0.15) is 18.1 Å². The number of rotatable bonds is 6. The highest BCUT2D eigenvalue weighted by Gasteiger charge is 2.07. The van der Waals surface area contributed by atoms with E-state index in [2.05, 4.69) is 10.3 Å². The van der Waals surface area contributed by atoms with Crippen LogP contribution in [0, 0.1) is 0 Å². The molecule has 0 saturated carbocycles. The summed E-state index contributed by atoms with van der Waals surface area (Å²) in [5.41, 5.74) is 6.86. The molecule has 0 aliphatic rings. The quantitative estimate of drug-likeness (QED) is 0.622. The zero-order valence-corrected chi connectivity index (χ0v) is 11.2. The van der Waals surface area contributed by atoms with Crippen LogP contribution in [-0.2, 0) is 23.2 Å². The van der Waals surface area contributed by atoms with Gasteiger partial charge in [0, 0.05) is 7.05 Å². The normalized spacial score (nSPS) is 10.2. The molecule has 2 rings (SSSR count). The van der Waals surface area contributed by atoms with E-state index in [1.165, 1.54) is 0 Å². The Kier molecular flexibility index (Phi) is 4.54. The van der Waals surface area contributed by atoms with Gasteiger partial charge in [0.25, 0.3) is 0 Å². The third-order valence-corrected chi connectivity index (χ3v) is 2.51. The van der Waals surface area contributed by atoms with Crippen molar-refractivity contribution in [1.82, 2.24) is 15.0 Å². The molecule has 0 fully saturated rings. The summed E-state index contributed by atoms with van der Waals surface area (Å²) >= 11 is 0. The van der Waals surface area contributed by atoms with Gasteiger partial charge in [-0.05, 0) is 12.1 Å². The number of benzene rings is 1. The lowest BCUT2D eigenvalue weighted by Gasteiger charge is -2.08. The van der Waals surface area contributed by atoms with Gasteiger partial charge in [-0.25, -0.2) is 0 Å². The van der Waals surface area contributed by atoms with E-state index in [1.54, 1.807) is 30.1 Å². The van der Waals surface area contributed by atoms with Gasteiger partial charge in [0.15, 0.2) is 0 Å². The number of anilines is 1. The molecule has 0 radical (unpaired) electrons. The van der Waals surface area contributed by atoms with Crippen LogP contribution in [0.15, 0.2) is 30.5 Å². The standard InChI is InChI=1S/C13H16N4O3/c1-17-8-10(15-16-17)9-20-13(18)6-7-19-12-5-3-2-4-11(12)14/h2-5,8H,6-7,9,14H2,1H3. The smallest absolute Gasteiger partial charge is 0.309 e. The fourth-order valence-corrected chi connectivity index (χ4v) is 1.54. The van der Waals surface area contributed by atoms with Crippen LogP contribution in [0.3, 0.4) is 0 Å². The minimum absolute atomic E-state index is 0.111. The van der Waals surface area contributed by atoms with Gasteiger partial charge in [0.05, 0.1) is 24.9 Å². The maximum atomic E-state index is 11.5. The van der Waals surface area contributed by atoms with Crippen LogP contribution in [0.4, 0.5) is 5.69 Å². The molecule has 0 spiro atoms. The fourth-order valence-electron chi connectivity index (χ4n) is 1.54. The number of carbonyl (C=O) groups excluding carboxylic acids is 1. The van der Waals surface area contributed by atoms with Crippen LogP contribution in [0.25, 0.3) is 0 Å². The van der Waals surface area contributed by atoms with E-state index in [0.717, 1.165) is 0 Å². The number of aryl methyl sites for hydroxylation is 1. The Labute approximate surface area is 116 Å². The highest BCUT2D eigenvalue weighted by atomic mass is 16.5. The first-order valence-electron chi connectivity index (χ1n) is 6.13. The molecule has 20 heavy (non-hydrogen) atoms. The average Bonchev–Trinajstić information content (AvgIpc) is 2.84. The highest BCUT2D eigenvalue weighted by molar-refractivity contribution is 5.69. The van der Waals surface area contributed by atoms with Crippen LogP contribution in [0.1, 0.15) is 12.1 Å². The van der Waals surface area contributed by atoms with Crippen LogP contribution < -0.4 is 10.5 Å². The molecule has 1 heterocycles. The first-order chi connectivity index (χ1) is 9.65. The number of nitrogens with zero attached hydrogens (tertiary/aromatic N) is 3. The molecule has 0 bridgehead atoms. The fraction of sp³-hybridized carbons (Fsp3) is 0.308. The summed E-state index contributed by atoms with van der Waals surface area (Å²) in [7, 11) is 1.75. The zero-order chi connectivity index (χ0) is 14.4. The van der Waals surface area contributed by atoms with Crippen molar-refractivity contribution in [2.45, 2.75) is 13.0 Å². The molecule has 0 aliphatic heterocycles. The summed E-state index contributed by atoms with van der Waals surface area (Å²) in [5.74, 6) is 0.208. The van der Waals surface area contributed by atoms with Crippen molar-refractivity contribution in [3.05, 3.63) is 36.2 Å². The van der Waals surface area contributed by atoms with Gasteiger partial charge in [-0.1, -0.05) is 17.3 Å². The molecule has 0 saturated heterocycles. The Morgan fingerprint density at radius 1 is 1.40 bits per heavy atom. The lowest BCUT2D eigenvalue weighted by atomic mass is 10.3. The van der Waals surface area contributed by atoms with E-state index in [0.29, 0.717) is 17.1 Å². The minimum Gasteiger partial charge on any atom is -0.491 e. The maximum Gasteiger partial charge on any atom is 0.309 e. The topological polar surface area (TPSA) is 92.3 Å². The van der Waals surface area contributed by atoms with Crippen molar-refractivity contribution in [1.29, 1.82) is 0 Å². The predicted octanol–water partition coefficient (Wildman–Crippen LogP) is 0.910. The van der Waals surface area contributed by atoms with Gasteiger partial charge in [0.2, 0.25) is 0 Å². The van der Waals surface area contributed by atoms with E-state index < -0.39 is 0 Å². The van der Waals surface area contributed by atoms with E-state index in [9.17, 15) is 4.79 Å². The molecule has 2 aromatic rings. The predicted molar refractivity (Wildman–Crippen MR) is 71.8 cm³/mol. The molecule has 0 atom stereocenters. The number of nitrogen functional groups attached to an aromatic ring is 1. The third kappa shape index (κ3) is 3.98. The second-order valence-electron chi connectivity index (χ2n) is 4.18. The van der Waals surface area contributed by atoms with E-state index in [1.807, 2.05) is 12.1 Å². The first-order valence-corrected chi connectivity index (χ1v) is 6.13. The van der Waals surface area contributed by atoms with Crippen molar-refractivity contribution in [3.63, 3.8) is 0 Å². The molecule has 0 aliphatic carbocycles. The summed E-state index contributed by atoms with van der Waals surface area (Å²) < 4.78 is 12.0. The first kappa shape index (κ1) is 13.9. The monoisotopic (exact) mass is 276 g/mol. The molecule has 106 valence electrons. The van der Waals surface area contributed by atoms with Gasteiger partial charge in [-0.2, -0.15) is 0 Å². The van der Waals surface area contributed by atoms with Crippen molar-refractivity contribution >= 4 is 11.7 Å². The van der Waals surface area contributed by atoms with Gasteiger partial charge < -0.3 is 15.2 Å². The average molecular weight is 276 g/mol. The summed E-state index contributed by atoms with van der Waals surface area (Å²) in [6.45, 7) is 0.327. The van der Waals surface area contributed by atoms with Gasteiger partial charge in [-0.15, -0.1) is 5.10 Å². The Bertz CT molecular complexity index is 583. The number of aromatic nitrogens is 3. The van der Waals surface area contributed by atoms with Crippen molar-refractivity contribution in [2.24, 2.45) is 7.05 Å². The number of ether oxygens (including phenoxy) is 2. The van der Waals surface area contributed by atoms with Crippen molar-refractivity contribution in [2.75, 3.05) is 12.3 Å². The third-order valence-electron chi connectivity index (χ3n) is 2.51. The second kappa shape index (κ2) is 6.55. The maximum absolute atomic E-state index is 11.5. The molecule has 0 unspecified atom stereocenters. The Hall–Kier alpha value is -2.57. The Morgan fingerprint density at radius 3 is 2.90 bits per heavy atom. The molecule has 0 amide bonds. The second-order valence-corrected chi connectivity index (χ2v) is 4.18. The molecule has 7 heteroatoms. The van der Waals surface area contributed by atoms with Crippen LogP contribution >= 0.6 is 0 Å². The van der Waals surface area contributed by atoms with Crippen molar-refractivity contribution in [3.8, 4) is 5.75 Å². The zero-order valence-electron chi connectivity index (χ0n) is 11.2. The lowest BCUT2D eigenvalue weighted by Crippen LogP contribution is -2.10. The lowest BCUT2D eigenvalue weighted by molar-refractivity contribution is -0.145. The molecule has 1 aromatic carbocycles. The summed E-state index contributed by atoms with van der Waals surface area (Å²) in [6, 6.07) is 7.12. The molecule has 1 aromatic heterocycles. The summed E-state index contributed by atoms with van der Waals surface area (Å²) in [6.07, 6.45) is 1.84. The SMILES string of the molecule is Cn1cc(COC(=O)CCOc2ccccc2N)nn1. The van der Waals surface area contributed by atoms with Crippen LogP contribution in [0.5, 0.6) is 5.75 Å². The minimum atomic E-state index is -0.356. The number of hydrogen-bond acceptors (Lipinski definition) is 6. The number of hydrogen-bond donors (Lipinski definition) is 1. The van der Waals surface area contributed by atoms with Crippen LogP contribution in [0.2, 0.25) is 0 Å². The van der Waals surface area contributed by atoms with E-state index in [4.69, 9.17) is 15.2 Å². The van der Waals surface area contributed by atoms with E-state index >= 15 is 0 Å².